The summed E-state index contributed by atoms with van der Waals surface area (Å²) in [5, 5.41) is 0. The molecule has 0 unspecified atom stereocenters. The van der Waals surface area contributed by atoms with Crippen molar-refractivity contribution in [1.29, 1.82) is 0 Å². The van der Waals surface area contributed by atoms with Gasteiger partial charge in [0, 0.05) is 36.8 Å². The molecule has 1 fully saturated rings. The van der Waals surface area contributed by atoms with Crippen LogP contribution in [0.2, 0.25) is 0 Å². The predicted molar refractivity (Wildman–Crippen MR) is 91.5 cm³/mol. The van der Waals surface area contributed by atoms with Crippen LogP contribution in [0, 0.1) is 5.82 Å². The molecule has 0 aliphatic carbocycles. The summed E-state index contributed by atoms with van der Waals surface area (Å²) in [6, 6.07) is 6.20. The van der Waals surface area contributed by atoms with Crippen LogP contribution in [0.5, 0.6) is 0 Å². The number of carbonyl (C=O) groups is 1. The summed E-state index contributed by atoms with van der Waals surface area (Å²) in [6.07, 6.45) is -3.61. The maximum Gasteiger partial charge on any atom is 0.417 e. The number of hydrogen-bond donors (Lipinski definition) is 0. The third-order valence-corrected chi connectivity index (χ3v) is 4.78. The number of amides is 1. The molecule has 1 aromatic heterocycles. The van der Waals surface area contributed by atoms with Gasteiger partial charge in [-0.25, -0.2) is 9.37 Å². The highest BCUT2D eigenvalue weighted by atomic mass is 79.9. The normalized spacial score (nSPS) is 15.3. The Morgan fingerprint density at radius 3 is 2.31 bits per heavy atom. The van der Waals surface area contributed by atoms with Crippen LogP contribution in [0.15, 0.2) is 41.0 Å². The number of aromatic nitrogens is 1. The molecule has 1 aliphatic heterocycles. The van der Waals surface area contributed by atoms with Crippen molar-refractivity contribution in [3.8, 4) is 0 Å². The van der Waals surface area contributed by atoms with E-state index >= 15 is 0 Å². The first-order chi connectivity index (χ1) is 12.3. The third kappa shape index (κ3) is 3.98. The molecule has 2 aromatic rings. The largest absolute Gasteiger partial charge is 0.417 e. The van der Waals surface area contributed by atoms with Gasteiger partial charge in [0.15, 0.2) is 0 Å². The van der Waals surface area contributed by atoms with Gasteiger partial charge in [-0.3, -0.25) is 4.79 Å². The fraction of sp³-hybridized carbons (Fsp3) is 0.294. The molecule has 138 valence electrons. The highest BCUT2D eigenvalue weighted by molar-refractivity contribution is 9.10. The first-order valence-corrected chi connectivity index (χ1v) is 8.57. The van der Waals surface area contributed by atoms with Crippen LogP contribution in [-0.2, 0) is 6.18 Å². The van der Waals surface area contributed by atoms with Gasteiger partial charge >= 0.3 is 6.18 Å². The van der Waals surface area contributed by atoms with E-state index in [0.29, 0.717) is 42.0 Å². The van der Waals surface area contributed by atoms with Crippen LogP contribution in [0.25, 0.3) is 0 Å². The average Bonchev–Trinajstić information content (AvgIpc) is 2.61. The lowest BCUT2D eigenvalue weighted by Crippen LogP contribution is -2.49. The first kappa shape index (κ1) is 18.6. The van der Waals surface area contributed by atoms with Gasteiger partial charge in [-0.15, -0.1) is 0 Å². The lowest BCUT2D eigenvalue weighted by Gasteiger charge is -2.35. The zero-order valence-corrected chi connectivity index (χ0v) is 15.0. The number of hydrogen-bond acceptors (Lipinski definition) is 3. The van der Waals surface area contributed by atoms with Gasteiger partial charge in [0.25, 0.3) is 5.91 Å². The summed E-state index contributed by atoms with van der Waals surface area (Å²) in [5.74, 6) is -0.225. The van der Waals surface area contributed by atoms with Crippen molar-refractivity contribution in [2.75, 3.05) is 31.1 Å². The maximum atomic E-state index is 13.2. The van der Waals surface area contributed by atoms with Crippen molar-refractivity contribution in [2.24, 2.45) is 0 Å². The molecular weight excluding hydrogens is 418 g/mol. The number of carbonyl (C=O) groups excluding carboxylic acids is 1. The molecule has 0 bridgehead atoms. The molecule has 1 aromatic carbocycles. The van der Waals surface area contributed by atoms with Gasteiger partial charge in [-0.2, -0.15) is 13.2 Å². The summed E-state index contributed by atoms with van der Waals surface area (Å²) in [6.45, 7) is 1.68. The topological polar surface area (TPSA) is 36.4 Å². The Balaban J connectivity index is 1.64. The molecule has 1 aliphatic rings. The number of halogens is 5. The smallest absolute Gasteiger partial charge is 0.353 e. The molecule has 26 heavy (non-hydrogen) atoms. The summed E-state index contributed by atoms with van der Waals surface area (Å²) < 4.78 is 51.3. The molecule has 0 spiro atoms. The molecule has 1 amide bonds. The van der Waals surface area contributed by atoms with Gasteiger partial charge in [0.2, 0.25) is 0 Å². The van der Waals surface area contributed by atoms with Crippen LogP contribution >= 0.6 is 15.9 Å². The van der Waals surface area contributed by atoms with Crippen molar-refractivity contribution in [1.82, 2.24) is 9.88 Å². The summed E-state index contributed by atoms with van der Waals surface area (Å²) in [4.78, 5) is 19.9. The molecule has 0 atom stereocenters. The highest BCUT2D eigenvalue weighted by Crippen LogP contribution is 2.29. The number of rotatable bonds is 2. The number of nitrogens with zero attached hydrogens (tertiary/aromatic N) is 3. The Hall–Kier alpha value is -2.16. The van der Waals surface area contributed by atoms with Crippen LogP contribution < -0.4 is 4.90 Å². The van der Waals surface area contributed by atoms with Gasteiger partial charge in [-0.05, 0) is 46.3 Å². The molecule has 2 heterocycles. The van der Waals surface area contributed by atoms with E-state index < -0.39 is 17.6 Å². The fourth-order valence-corrected chi connectivity index (χ4v) is 3.23. The van der Waals surface area contributed by atoms with Crippen LogP contribution in [0.4, 0.5) is 23.4 Å². The second-order valence-electron chi connectivity index (χ2n) is 5.81. The maximum absolute atomic E-state index is 13.2. The molecule has 3 rings (SSSR count). The fourth-order valence-electron chi connectivity index (χ4n) is 2.71. The van der Waals surface area contributed by atoms with E-state index in [9.17, 15) is 22.4 Å². The molecule has 0 radical (unpaired) electrons. The minimum atomic E-state index is -4.42. The van der Waals surface area contributed by atoms with Crippen LogP contribution in [0.1, 0.15) is 15.9 Å². The van der Waals surface area contributed by atoms with Crippen molar-refractivity contribution in [2.45, 2.75) is 6.18 Å². The van der Waals surface area contributed by atoms with E-state index in [0.717, 1.165) is 12.3 Å². The van der Waals surface area contributed by atoms with E-state index in [1.54, 1.807) is 4.90 Å². The number of anilines is 1. The van der Waals surface area contributed by atoms with E-state index in [1.165, 1.54) is 24.3 Å². The third-order valence-electron chi connectivity index (χ3n) is 4.13. The summed E-state index contributed by atoms with van der Waals surface area (Å²) in [7, 11) is 0. The van der Waals surface area contributed by atoms with Crippen molar-refractivity contribution in [3.63, 3.8) is 0 Å². The molecule has 9 heteroatoms. The standard InChI is InChI=1S/C17H14BrF4N3O/c18-14-9-12(19)2-3-13(14)16(26)25-7-5-24(6-8-25)15-4-1-11(10-23-15)17(20,21)22/h1-4,9-10H,5-8H2. The summed E-state index contributed by atoms with van der Waals surface area (Å²) >= 11 is 3.19. The number of alkyl halides is 3. The minimum Gasteiger partial charge on any atom is -0.353 e. The first-order valence-electron chi connectivity index (χ1n) is 7.78. The SMILES string of the molecule is O=C(c1ccc(F)cc1Br)N1CCN(c2ccc(C(F)(F)F)cn2)CC1. The van der Waals surface area contributed by atoms with Gasteiger partial charge in [-0.1, -0.05) is 0 Å². The van der Waals surface area contributed by atoms with E-state index in [4.69, 9.17) is 0 Å². The Morgan fingerprint density at radius 1 is 1.08 bits per heavy atom. The minimum absolute atomic E-state index is 0.225. The summed E-state index contributed by atoms with van der Waals surface area (Å²) in [5.41, 5.74) is -0.427. The van der Waals surface area contributed by atoms with E-state index in [-0.39, 0.29) is 5.91 Å². The molecule has 0 saturated carbocycles. The highest BCUT2D eigenvalue weighted by Gasteiger charge is 2.31. The Labute approximate surface area is 155 Å². The second kappa shape index (κ2) is 7.22. The molecular formula is C17H14BrF4N3O. The van der Waals surface area contributed by atoms with Gasteiger partial charge < -0.3 is 9.80 Å². The van der Waals surface area contributed by atoms with Crippen LogP contribution in [-0.4, -0.2) is 42.0 Å². The lowest BCUT2D eigenvalue weighted by molar-refractivity contribution is -0.137. The van der Waals surface area contributed by atoms with Crippen molar-refractivity contribution in [3.05, 3.63) is 57.9 Å². The quantitative estimate of drug-likeness (QED) is 0.675. The van der Waals surface area contributed by atoms with Gasteiger partial charge in [0.1, 0.15) is 11.6 Å². The molecule has 1 saturated heterocycles. The monoisotopic (exact) mass is 431 g/mol. The second-order valence-corrected chi connectivity index (χ2v) is 6.66. The van der Waals surface area contributed by atoms with Crippen molar-refractivity contribution < 1.29 is 22.4 Å². The Bertz CT molecular complexity index is 803. The zero-order valence-electron chi connectivity index (χ0n) is 13.4. The van der Waals surface area contributed by atoms with Gasteiger partial charge in [0.05, 0.1) is 11.1 Å². The zero-order chi connectivity index (χ0) is 18.9. The predicted octanol–water partition coefficient (Wildman–Crippen LogP) is 3.96. The molecule has 4 nitrogen and oxygen atoms in total. The van der Waals surface area contributed by atoms with Crippen LogP contribution in [0.3, 0.4) is 0 Å². The Kier molecular flexibility index (Phi) is 5.17. The average molecular weight is 432 g/mol. The number of benzene rings is 1. The molecule has 0 N–H and O–H groups in total. The Morgan fingerprint density at radius 2 is 1.77 bits per heavy atom. The lowest BCUT2D eigenvalue weighted by atomic mass is 10.1. The van der Waals surface area contributed by atoms with Crippen molar-refractivity contribution >= 4 is 27.7 Å². The van der Waals surface area contributed by atoms with E-state index in [2.05, 4.69) is 20.9 Å². The van der Waals surface area contributed by atoms with E-state index in [1.807, 2.05) is 4.90 Å². The number of piperazine rings is 1. The number of pyridine rings is 1.